The maximum absolute atomic E-state index is 12.8. The SMILES string of the molecule is Cc1cn2cccc(OCC(=O)Nc3ccc4c(c3)C(=O)c3ccccc3C4=O)c2n1. The Morgan fingerprint density at radius 2 is 1.68 bits per heavy atom. The van der Waals surface area contributed by atoms with Crippen LogP contribution in [0.5, 0.6) is 5.75 Å². The number of pyridine rings is 1. The first-order chi connectivity index (χ1) is 15.0. The molecule has 0 saturated heterocycles. The fourth-order valence-corrected chi connectivity index (χ4v) is 3.74. The molecule has 7 nitrogen and oxygen atoms in total. The Bertz CT molecular complexity index is 1390. The molecule has 0 spiro atoms. The predicted molar refractivity (Wildman–Crippen MR) is 114 cm³/mol. The molecule has 2 aromatic heterocycles. The van der Waals surface area contributed by atoms with E-state index in [9.17, 15) is 14.4 Å². The fourth-order valence-electron chi connectivity index (χ4n) is 3.74. The van der Waals surface area contributed by atoms with Crippen LogP contribution >= 0.6 is 0 Å². The Balaban J connectivity index is 1.33. The normalized spacial score (nSPS) is 12.4. The predicted octanol–water partition coefficient (Wildman–Crippen LogP) is 3.44. The van der Waals surface area contributed by atoms with E-state index in [-0.39, 0.29) is 29.6 Å². The lowest BCUT2D eigenvalue weighted by molar-refractivity contribution is -0.118. The number of aryl methyl sites for hydroxylation is 1. The number of anilines is 1. The molecule has 4 aromatic rings. The van der Waals surface area contributed by atoms with Crippen molar-refractivity contribution < 1.29 is 19.1 Å². The highest BCUT2D eigenvalue weighted by molar-refractivity contribution is 6.28. The van der Waals surface area contributed by atoms with Gasteiger partial charge in [-0.1, -0.05) is 24.3 Å². The summed E-state index contributed by atoms with van der Waals surface area (Å²) >= 11 is 0. The Morgan fingerprint density at radius 3 is 2.45 bits per heavy atom. The topological polar surface area (TPSA) is 89.8 Å². The van der Waals surface area contributed by atoms with Gasteiger partial charge in [-0.2, -0.15) is 0 Å². The number of carbonyl (C=O) groups is 3. The zero-order chi connectivity index (χ0) is 21.5. The van der Waals surface area contributed by atoms with E-state index in [1.54, 1.807) is 42.5 Å². The van der Waals surface area contributed by atoms with Crippen molar-refractivity contribution >= 4 is 28.8 Å². The van der Waals surface area contributed by atoms with Crippen LogP contribution in [0.2, 0.25) is 0 Å². The van der Waals surface area contributed by atoms with Crippen molar-refractivity contribution in [3.8, 4) is 5.75 Å². The van der Waals surface area contributed by atoms with Crippen LogP contribution in [-0.4, -0.2) is 33.5 Å². The average Bonchev–Trinajstić information content (AvgIpc) is 3.17. The first kappa shape index (κ1) is 18.7. The Morgan fingerprint density at radius 1 is 0.968 bits per heavy atom. The van der Waals surface area contributed by atoms with Gasteiger partial charge in [-0.25, -0.2) is 4.98 Å². The second-order valence-corrected chi connectivity index (χ2v) is 7.29. The smallest absolute Gasteiger partial charge is 0.262 e. The quantitative estimate of drug-likeness (QED) is 0.489. The van der Waals surface area contributed by atoms with Crippen LogP contribution in [-0.2, 0) is 4.79 Å². The molecular weight excluding hydrogens is 394 g/mol. The summed E-state index contributed by atoms with van der Waals surface area (Å²) in [4.78, 5) is 42.3. The summed E-state index contributed by atoms with van der Waals surface area (Å²) < 4.78 is 7.47. The second-order valence-electron chi connectivity index (χ2n) is 7.29. The third kappa shape index (κ3) is 3.26. The lowest BCUT2D eigenvalue weighted by Crippen LogP contribution is -2.23. The second kappa shape index (κ2) is 7.21. The maximum Gasteiger partial charge on any atom is 0.262 e. The number of rotatable bonds is 4. The molecule has 1 N–H and O–H groups in total. The molecule has 0 fully saturated rings. The van der Waals surface area contributed by atoms with Gasteiger partial charge in [-0.05, 0) is 37.3 Å². The third-order valence-corrected chi connectivity index (χ3v) is 5.14. The number of benzene rings is 2. The molecule has 1 aliphatic rings. The zero-order valence-corrected chi connectivity index (χ0v) is 16.6. The van der Waals surface area contributed by atoms with E-state index in [1.807, 2.05) is 29.8 Å². The highest BCUT2D eigenvalue weighted by atomic mass is 16.5. The number of nitrogens with one attached hydrogen (secondary N) is 1. The van der Waals surface area contributed by atoms with Crippen molar-refractivity contribution in [1.82, 2.24) is 9.38 Å². The summed E-state index contributed by atoms with van der Waals surface area (Å²) in [5, 5.41) is 2.72. The van der Waals surface area contributed by atoms with E-state index in [2.05, 4.69) is 10.3 Å². The van der Waals surface area contributed by atoms with E-state index in [0.29, 0.717) is 33.8 Å². The highest BCUT2D eigenvalue weighted by Gasteiger charge is 2.29. The van der Waals surface area contributed by atoms with Crippen molar-refractivity contribution in [2.24, 2.45) is 0 Å². The average molecular weight is 411 g/mol. The molecule has 0 atom stereocenters. The molecule has 0 unspecified atom stereocenters. The summed E-state index contributed by atoms with van der Waals surface area (Å²) in [6, 6.07) is 15.0. The molecule has 0 bridgehead atoms. The summed E-state index contributed by atoms with van der Waals surface area (Å²) in [6.07, 6.45) is 3.72. The van der Waals surface area contributed by atoms with Crippen LogP contribution in [0.1, 0.15) is 37.5 Å². The molecule has 0 saturated carbocycles. The summed E-state index contributed by atoms with van der Waals surface area (Å²) in [6.45, 7) is 1.66. The standard InChI is InChI=1S/C24H17N3O4/c1-14-12-27-10-4-7-20(24(27)25-14)31-13-21(28)26-15-8-9-18-19(11-15)23(30)17-6-3-2-5-16(17)22(18)29/h2-12H,13H2,1H3,(H,26,28). The number of ketones is 2. The van der Waals surface area contributed by atoms with Crippen LogP contribution in [0, 0.1) is 6.92 Å². The number of amides is 1. The number of hydrogen-bond acceptors (Lipinski definition) is 5. The maximum atomic E-state index is 12.8. The molecule has 0 radical (unpaired) electrons. The van der Waals surface area contributed by atoms with Gasteiger partial charge in [-0.3, -0.25) is 14.4 Å². The molecule has 7 heteroatoms. The van der Waals surface area contributed by atoms with E-state index in [0.717, 1.165) is 5.69 Å². The largest absolute Gasteiger partial charge is 0.480 e. The molecule has 31 heavy (non-hydrogen) atoms. The summed E-state index contributed by atoms with van der Waals surface area (Å²) in [7, 11) is 0. The van der Waals surface area contributed by atoms with Gasteiger partial charge in [0.15, 0.2) is 29.6 Å². The monoisotopic (exact) mass is 411 g/mol. The first-order valence-electron chi connectivity index (χ1n) is 9.71. The fraction of sp³-hybridized carbons (Fsp3) is 0.0833. The van der Waals surface area contributed by atoms with Crippen molar-refractivity contribution in [3.63, 3.8) is 0 Å². The lowest BCUT2D eigenvalue weighted by atomic mass is 9.84. The molecule has 152 valence electrons. The van der Waals surface area contributed by atoms with Gasteiger partial charge < -0.3 is 14.5 Å². The number of carbonyl (C=O) groups excluding carboxylic acids is 3. The molecule has 2 heterocycles. The minimum Gasteiger partial charge on any atom is -0.480 e. The van der Waals surface area contributed by atoms with Gasteiger partial charge in [0.2, 0.25) is 0 Å². The molecular formula is C24H17N3O4. The Hall–Kier alpha value is -4.26. The Labute approximate surface area is 177 Å². The Kier molecular flexibility index (Phi) is 4.36. The molecule has 0 aliphatic heterocycles. The molecule has 1 amide bonds. The van der Waals surface area contributed by atoms with Crippen molar-refractivity contribution in [1.29, 1.82) is 0 Å². The van der Waals surface area contributed by atoms with Crippen LogP contribution in [0.4, 0.5) is 5.69 Å². The van der Waals surface area contributed by atoms with Gasteiger partial charge >= 0.3 is 0 Å². The van der Waals surface area contributed by atoms with E-state index >= 15 is 0 Å². The number of hydrogen-bond donors (Lipinski definition) is 1. The first-order valence-corrected chi connectivity index (χ1v) is 9.71. The zero-order valence-electron chi connectivity index (χ0n) is 16.6. The van der Waals surface area contributed by atoms with Gasteiger partial charge in [-0.15, -0.1) is 0 Å². The van der Waals surface area contributed by atoms with E-state index < -0.39 is 0 Å². The number of fused-ring (bicyclic) bond motifs is 3. The molecule has 1 aliphatic carbocycles. The van der Waals surface area contributed by atoms with E-state index in [1.165, 1.54) is 6.07 Å². The summed E-state index contributed by atoms with van der Waals surface area (Å²) in [5.41, 5.74) is 3.27. The van der Waals surface area contributed by atoms with Gasteiger partial charge in [0.1, 0.15) is 0 Å². The molecule has 2 aromatic carbocycles. The number of ether oxygens (including phenoxy) is 1. The van der Waals surface area contributed by atoms with Crippen molar-refractivity contribution in [2.75, 3.05) is 11.9 Å². The van der Waals surface area contributed by atoms with Crippen LogP contribution in [0.25, 0.3) is 5.65 Å². The lowest BCUT2D eigenvalue weighted by Gasteiger charge is -2.18. The van der Waals surface area contributed by atoms with E-state index in [4.69, 9.17) is 4.74 Å². The summed E-state index contributed by atoms with van der Waals surface area (Å²) in [5.74, 6) is -0.331. The van der Waals surface area contributed by atoms with Gasteiger partial charge in [0.05, 0.1) is 5.69 Å². The van der Waals surface area contributed by atoms with Crippen LogP contribution < -0.4 is 10.1 Å². The van der Waals surface area contributed by atoms with Crippen LogP contribution in [0.15, 0.2) is 67.0 Å². The number of nitrogens with zero attached hydrogens (tertiary/aromatic N) is 2. The van der Waals surface area contributed by atoms with Gasteiger partial charge in [0.25, 0.3) is 5.91 Å². The minimum atomic E-state index is -0.389. The van der Waals surface area contributed by atoms with Crippen molar-refractivity contribution in [2.45, 2.75) is 6.92 Å². The van der Waals surface area contributed by atoms with Gasteiger partial charge in [0, 0.05) is 40.3 Å². The number of imidazole rings is 1. The molecule has 5 rings (SSSR count). The van der Waals surface area contributed by atoms with Crippen molar-refractivity contribution in [3.05, 3.63) is 94.9 Å². The number of aromatic nitrogens is 2. The van der Waals surface area contributed by atoms with Crippen LogP contribution in [0.3, 0.4) is 0 Å². The highest BCUT2D eigenvalue weighted by Crippen LogP contribution is 2.29. The third-order valence-electron chi connectivity index (χ3n) is 5.14. The minimum absolute atomic E-state index is 0.200.